The van der Waals surface area contributed by atoms with Crippen LogP contribution in [0.15, 0.2) is 132 Å². The largest absolute Gasteiger partial charge is 0.456 e. The van der Waals surface area contributed by atoms with Crippen LogP contribution in [0.5, 0.6) is 0 Å². The van der Waals surface area contributed by atoms with Gasteiger partial charge in [0.1, 0.15) is 11.5 Å². The number of nitrogens with zero attached hydrogens (tertiary/aromatic N) is 2. The van der Waals surface area contributed by atoms with Crippen LogP contribution in [-0.2, 0) is 9.30 Å². The molecule has 2 unspecified atom stereocenters. The summed E-state index contributed by atoms with van der Waals surface area (Å²) < 4.78 is 23.7. The summed E-state index contributed by atoms with van der Waals surface area (Å²) in [6.45, 7) is 0. The van der Waals surface area contributed by atoms with E-state index in [9.17, 15) is 0 Å². The number of allylic oxidation sites excluding steroid dienone is 1. The fraction of sp³-hybridized carbons (Fsp3) is 0.139. The first-order valence-corrected chi connectivity index (χ1v) is 17.0. The highest BCUT2D eigenvalue weighted by Crippen LogP contribution is 2.65. The van der Waals surface area contributed by atoms with Crippen molar-refractivity contribution in [1.29, 1.82) is 0 Å². The van der Waals surface area contributed by atoms with Crippen LogP contribution in [0, 0.1) is 5.92 Å². The number of benzene rings is 4. The summed E-state index contributed by atoms with van der Waals surface area (Å²) in [7, 11) is -3.41. The van der Waals surface area contributed by atoms with Crippen molar-refractivity contribution in [1.82, 2.24) is 4.78 Å². The molecule has 7 rings (SSSR count). The Morgan fingerprint density at radius 2 is 1.33 bits per heavy atom. The number of hydrogen-bond acceptors (Lipinski definition) is 3. The average Bonchev–Trinajstić information content (AvgIpc) is 3.45. The number of hydrogen-bond donors (Lipinski definition) is 0. The van der Waals surface area contributed by atoms with Crippen LogP contribution >= 0.6 is 30.5 Å². The average molecular weight is 624 g/mol. The maximum Gasteiger partial charge on any atom is 0.238 e. The van der Waals surface area contributed by atoms with Crippen LogP contribution in [0.4, 0.5) is 0 Å². The molecule has 7 heteroatoms. The van der Waals surface area contributed by atoms with Gasteiger partial charge in [-0.1, -0.05) is 108 Å². The SMILES string of the molecule is O=P1(N2N=C3/C(=C/c4ccc(Cl)cc4)CCCC3C2c2ccc(Cl)cc2)C=C(c2ccccc2)OC(c2ccccc2)=C1. The van der Waals surface area contributed by atoms with Crippen molar-refractivity contribution in [3.05, 3.63) is 159 Å². The zero-order chi connectivity index (χ0) is 29.4. The van der Waals surface area contributed by atoms with Crippen LogP contribution < -0.4 is 0 Å². The van der Waals surface area contributed by atoms with E-state index >= 15 is 4.57 Å². The second-order valence-corrected chi connectivity index (χ2v) is 14.2. The molecule has 0 amide bonds. The molecule has 0 aromatic heterocycles. The van der Waals surface area contributed by atoms with Crippen LogP contribution in [-0.4, -0.2) is 10.5 Å². The van der Waals surface area contributed by atoms with E-state index in [1.54, 1.807) is 11.6 Å². The van der Waals surface area contributed by atoms with Gasteiger partial charge in [0.2, 0.25) is 7.29 Å². The third kappa shape index (κ3) is 5.63. The standard InChI is InChI=1S/C36H29Cl2N2O2P/c37-30-18-14-25(15-19-30)22-29-12-7-13-32-35(29)39-40(36(32)28-16-20-31(38)21-17-28)43(41)23-33(26-8-3-1-4-9-26)42-34(24-43)27-10-5-2-6-11-27/h1-6,8-11,14-24,32,36H,7,12-13H2/b29-22+. The van der Waals surface area contributed by atoms with Gasteiger partial charge in [-0.2, -0.15) is 5.10 Å². The predicted octanol–water partition coefficient (Wildman–Crippen LogP) is 10.9. The summed E-state index contributed by atoms with van der Waals surface area (Å²) >= 11 is 12.5. The molecule has 0 bridgehead atoms. The van der Waals surface area contributed by atoms with Crippen molar-refractivity contribution in [3.8, 4) is 0 Å². The molecule has 3 aliphatic rings. The van der Waals surface area contributed by atoms with E-state index in [1.165, 1.54) is 5.57 Å². The number of ether oxygens (including phenoxy) is 1. The smallest absolute Gasteiger partial charge is 0.238 e. The molecule has 0 N–H and O–H groups in total. The molecule has 4 aromatic rings. The van der Waals surface area contributed by atoms with Crippen LogP contribution in [0.25, 0.3) is 17.6 Å². The predicted molar refractivity (Wildman–Crippen MR) is 178 cm³/mol. The monoisotopic (exact) mass is 622 g/mol. The minimum atomic E-state index is -3.41. The van der Waals surface area contributed by atoms with Gasteiger partial charge in [-0.05, 0) is 66.3 Å². The molecule has 1 aliphatic carbocycles. The van der Waals surface area contributed by atoms with E-state index in [2.05, 4.69) is 6.08 Å². The molecule has 4 nitrogen and oxygen atoms in total. The summed E-state index contributed by atoms with van der Waals surface area (Å²) in [5.74, 6) is 4.76. The van der Waals surface area contributed by atoms with Crippen LogP contribution in [0.2, 0.25) is 10.0 Å². The Kier molecular flexibility index (Phi) is 7.61. The van der Waals surface area contributed by atoms with Gasteiger partial charge in [0.15, 0.2) is 0 Å². The van der Waals surface area contributed by atoms with E-state index in [1.807, 2.05) is 114 Å². The minimum absolute atomic E-state index is 0.0734. The van der Waals surface area contributed by atoms with Crippen molar-refractivity contribution in [2.45, 2.75) is 25.3 Å². The highest BCUT2D eigenvalue weighted by Gasteiger charge is 2.48. The number of fused-ring (bicyclic) bond motifs is 1. The molecule has 4 aromatic carbocycles. The maximum absolute atomic E-state index is 15.4. The topological polar surface area (TPSA) is 41.9 Å². The zero-order valence-corrected chi connectivity index (χ0v) is 25.7. The maximum atomic E-state index is 15.4. The highest BCUT2D eigenvalue weighted by molar-refractivity contribution is 7.68. The van der Waals surface area contributed by atoms with Gasteiger partial charge in [-0.3, -0.25) is 4.57 Å². The molecule has 1 fully saturated rings. The fourth-order valence-electron chi connectivity index (χ4n) is 6.13. The molecule has 0 radical (unpaired) electrons. The van der Waals surface area contributed by atoms with Gasteiger partial charge < -0.3 is 4.74 Å². The summed E-state index contributed by atoms with van der Waals surface area (Å²) in [5.41, 5.74) is 5.98. The summed E-state index contributed by atoms with van der Waals surface area (Å²) in [6, 6.07) is 35.1. The lowest BCUT2D eigenvalue weighted by Gasteiger charge is -2.34. The van der Waals surface area contributed by atoms with Gasteiger partial charge in [-0.15, -0.1) is 0 Å². The molecule has 2 aliphatic heterocycles. The Labute approximate surface area is 262 Å². The number of halogens is 2. The fourth-order valence-corrected chi connectivity index (χ4v) is 8.68. The summed E-state index contributed by atoms with van der Waals surface area (Å²) in [5, 5.41) is 6.62. The quantitative estimate of drug-likeness (QED) is 0.208. The second-order valence-electron chi connectivity index (χ2n) is 11.0. The lowest BCUT2D eigenvalue weighted by Crippen LogP contribution is -2.27. The van der Waals surface area contributed by atoms with Gasteiger partial charge >= 0.3 is 0 Å². The molecule has 1 saturated carbocycles. The molecule has 214 valence electrons. The van der Waals surface area contributed by atoms with Crippen molar-refractivity contribution < 1.29 is 9.30 Å². The first-order valence-electron chi connectivity index (χ1n) is 14.4. The lowest BCUT2D eigenvalue weighted by molar-refractivity contribution is 0.313. The second kappa shape index (κ2) is 11.7. The Bertz CT molecular complexity index is 1760. The Hall–Kier alpha value is -3.82. The molecular weight excluding hydrogens is 594 g/mol. The minimum Gasteiger partial charge on any atom is -0.456 e. The molecule has 0 saturated heterocycles. The van der Waals surface area contributed by atoms with Crippen molar-refractivity contribution >= 4 is 53.8 Å². The number of hydrazone groups is 1. The van der Waals surface area contributed by atoms with E-state index < -0.39 is 7.29 Å². The van der Waals surface area contributed by atoms with Crippen LogP contribution in [0.3, 0.4) is 0 Å². The van der Waals surface area contributed by atoms with Crippen molar-refractivity contribution in [2.24, 2.45) is 11.0 Å². The van der Waals surface area contributed by atoms with E-state index in [0.29, 0.717) is 21.6 Å². The normalized spacial score (nSPS) is 21.9. The van der Waals surface area contributed by atoms with Gasteiger partial charge in [-0.25, -0.2) is 4.78 Å². The molecular formula is C36H29Cl2N2O2P. The van der Waals surface area contributed by atoms with E-state index in [0.717, 1.165) is 47.2 Å². The molecule has 2 atom stereocenters. The summed E-state index contributed by atoms with van der Waals surface area (Å²) in [6.07, 6.45) is 5.06. The Morgan fingerprint density at radius 1 is 0.767 bits per heavy atom. The molecule has 0 spiro atoms. The number of rotatable bonds is 5. The Morgan fingerprint density at radius 3 is 1.91 bits per heavy atom. The van der Waals surface area contributed by atoms with E-state index in [4.69, 9.17) is 33.0 Å². The first kappa shape index (κ1) is 28.0. The van der Waals surface area contributed by atoms with Crippen molar-refractivity contribution in [3.63, 3.8) is 0 Å². The Balaban J connectivity index is 1.40. The van der Waals surface area contributed by atoms with E-state index in [-0.39, 0.29) is 12.0 Å². The van der Waals surface area contributed by atoms with Gasteiger partial charge in [0.05, 0.1) is 11.8 Å². The zero-order valence-electron chi connectivity index (χ0n) is 23.3. The first-order chi connectivity index (χ1) is 21.0. The van der Waals surface area contributed by atoms with Crippen LogP contribution in [0.1, 0.15) is 47.6 Å². The van der Waals surface area contributed by atoms with Crippen molar-refractivity contribution in [2.75, 3.05) is 0 Å². The van der Waals surface area contributed by atoms with Gasteiger partial charge in [0.25, 0.3) is 0 Å². The third-order valence-electron chi connectivity index (χ3n) is 8.17. The van der Waals surface area contributed by atoms with Gasteiger partial charge in [0, 0.05) is 38.7 Å². The summed E-state index contributed by atoms with van der Waals surface area (Å²) in [4.78, 5) is 0. The highest BCUT2D eigenvalue weighted by atomic mass is 35.5. The molecule has 2 heterocycles. The lowest BCUT2D eigenvalue weighted by atomic mass is 9.78. The third-order valence-corrected chi connectivity index (χ3v) is 10.9. The molecule has 43 heavy (non-hydrogen) atoms.